The third-order valence-electron chi connectivity index (χ3n) is 3.97. The van der Waals surface area contributed by atoms with Gasteiger partial charge in [-0.2, -0.15) is 10.2 Å². The predicted molar refractivity (Wildman–Crippen MR) is 103 cm³/mol. The Morgan fingerprint density at radius 2 is 2.00 bits per heavy atom. The lowest BCUT2D eigenvalue weighted by Gasteiger charge is -2.09. The minimum absolute atomic E-state index is 0.00140. The zero-order chi connectivity index (χ0) is 20.5. The standard InChI is InChI=1S/C18H17ClN4O4S/c1-11-16(28(24,25)23(2)3)8-15(26-11)18-22-14(9-20)17(27-18)21-10-12-6-4-5-7-13(12)19/h4-8,21H,10H2,1-3H3. The first kappa shape index (κ1) is 19.9. The highest BCUT2D eigenvalue weighted by molar-refractivity contribution is 7.89. The second kappa shape index (κ2) is 7.67. The van der Waals surface area contributed by atoms with Crippen LogP contribution in [0.5, 0.6) is 0 Å². The Bertz CT molecular complexity index is 1160. The largest absolute Gasteiger partial charge is 0.455 e. The van der Waals surface area contributed by atoms with Gasteiger partial charge in [0.05, 0.1) is 0 Å². The number of hydrogen-bond donors (Lipinski definition) is 1. The van der Waals surface area contributed by atoms with Crippen molar-refractivity contribution < 1.29 is 17.3 Å². The number of aromatic nitrogens is 1. The van der Waals surface area contributed by atoms with Gasteiger partial charge in [0.15, 0.2) is 5.76 Å². The summed E-state index contributed by atoms with van der Waals surface area (Å²) >= 11 is 6.13. The summed E-state index contributed by atoms with van der Waals surface area (Å²) in [4.78, 5) is 4.10. The van der Waals surface area contributed by atoms with E-state index in [2.05, 4.69) is 10.3 Å². The van der Waals surface area contributed by atoms with E-state index in [-0.39, 0.29) is 33.9 Å². The highest BCUT2D eigenvalue weighted by atomic mass is 35.5. The summed E-state index contributed by atoms with van der Waals surface area (Å²) in [6.45, 7) is 1.85. The van der Waals surface area contributed by atoms with E-state index >= 15 is 0 Å². The van der Waals surface area contributed by atoms with Crippen molar-refractivity contribution in [3.63, 3.8) is 0 Å². The number of furan rings is 1. The predicted octanol–water partition coefficient (Wildman–Crippen LogP) is 3.63. The molecule has 0 aliphatic carbocycles. The zero-order valence-electron chi connectivity index (χ0n) is 15.4. The van der Waals surface area contributed by atoms with Crippen molar-refractivity contribution in [1.82, 2.24) is 9.29 Å². The molecule has 1 aromatic carbocycles. The first-order valence-electron chi connectivity index (χ1n) is 8.15. The number of rotatable bonds is 6. The van der Waals surface area contributed by atoms with Crippen molar-refractivity contribution in [1.29, 1.82) is 5.26 Å². The van der Waals surface area contributed by atoms with Gasteiger partial charge in [-0.25, -0.2) is 12.7 Å². The third-order valence-corrected chi connectivity index (χ3v) is 6.26. The lowest BCUT2D eigenvalue weighted by atomic mass is 10.2. The summed E-state index contributed by atoms with van der Waals surface area (Å²) in [5.74, 6) is 0.455. The molecule has 0 spiro atoms. The Balaban J connectivity index is 1.91. The van der Waals surface area contributed by atoms with Gasteiger partial charge in [-0.15, -0.1) is 0 Å². The first-order chi connectivity index (χ1) is 13.2. The molecule has 1 N–H and O–H groups in total. The molecule has 28 heavy (non-hydrogen) atoms. The van der Waals surface area contributed by atoms with Crippen molar-refractivity contribution in [2.45, 2.75) is 18.4 Å². The molecule has 0 saturated heterocycles. The molecule has 0 bridgehead atoms. The molecule has 0 atom stereocenters. The first-order valence-corrected chi connectivity index (χ1v) is 9.97. The van der Waals surface area contributed by atoms with E-state index < -0.39 is 10.0 Å². The minimum Gasteiger partial charge on any atom is -0.455 e. The average Bonchev–Trinajstić information content (AvgIpc) is 3.24. The molecule has 3 rings (SSSR count). The molecule has 3 aromatic rings. The zero-order valence-corrected chi connectivity index (χ0v) is 16.9. The van der Waals surface area contributed by atoms with Crippen LogP contribution in [0.4, 0.5) is 5.88 Å². The van der Waals surface area contributed by atoms with E-state index in [0.29, 0.717) is 11.6 Å². The number of nitriles is 1. The molecule has 2 heterocycles. The maximum atomic E-state index is 12.4. The highest BCUT2D eigenvalue weighted by Gasteiger charge is 2.26. The molecule has 0 fully saturated rings. The summed E-state index contributed by atoms with van der Waals surface area (Å²) in [5, 5.41) is 12.9. The van der Waals surface area contributed by atoms with Crippen LogP contribution < -0.4 is 5.32 Å². The van der Waals surface area contributed by atoms with E-state index in [1.54, 1.807) is 6.07 Å². The van der Waals surface area contributed by atoms with Crippen molar-refractivity contribution in [2.75, 3.05) is 19.4 Å². The van der Waals surface area contributed by atoms with E-state index in [4.69, 9.17) is 20.4 Å². The summed E-state index contributed by atoms with van der Waals surface area (Å²) in [5.41, 5.74) is 0.840. The smallest absolute Gasteiger partial charge is 0.266 e. The fourth-order valence-electron chi connectivity index (χ4n) is 2.46. The quantitative estimate of drug-likeness (QED) is 0.647. The number of nitrogens with one attached hydrogen (secondary N) is 1. The van der Waals surface area contributed by atoms with Gasteiger partial charge in [-0.05, 0) is 18.6 Å². The van der Waals surface area contributed by atoms with Crippen LogP contribution in [0, 0.1) is 18.3 Å². The van der Waals surface area contributed by atoms with Gasteiger partial charge in [-0.3, -0.25) is 0 Å². The fourth-order valence-corrected chi connectivity index (χ4v) is 3.72. The summed E-state index contributed by atoms with van der Waals surface area (Å²) in [7, 11) is -0.824. The maximum Gasteiger partial charge on any atom is 0.266 e. The lowest BCUT2D eigenvalue weighted by molar-refractivity contribution is 0.492. The Morgan fingerprint density at radius 3 is 2.64 bits per heavy atom. The highest BCUT2D eigenvalue weighted by Crippen LogP contribution is 2.32. The molecule has 8 nitrogen and oxygen atoms in total. The number of halogens is 1. The van der Waals surface area contributed by atoms with Crippen molar-refractivity contribution in [3.05, 3.63) is 52.4 Å². The number of aryl methyl sites for hydroxylation is 1. The molecule has 10 heteroatoms. The molecular weight excluding hydrogens is 404 g/mol. The molecule has 0 unspecified atom stereocenters. The van der Waals surface area contributed by atoms with Crippen LogP contribution >= 0.6 is 11.6 Å². The van der Waals surface area contributed by atoms with Gasteiger partial charge in [0, 0.05) is 31.7 Å². The molecule has 0 amide bonds. The van der Waals surface area contributed by atoms with Crippen molar-refractivity contribution >= 4 is 27.5 Å². The summed E-state index contributed by atoms with van der Waals surface area (Å²) < 4.78 is 36.9. The monoisotopic (exact) mass is 420 g/mol. The van der Waals surface area contributed by atoms with Gasteiger partial charge >= 0.3 is 0 Å². The molecule has 0 aliphatic heterocycles. The van der Waals surface area contributed by atoms with Gasteiger partial charge in [0.1, 0.15) is 16.7 Å². The van der Waals surface area contributed by atoms with Crippen LogP contribution in [-0.4, -0.2) is 31.8 Å². The van der Waals surface area contributed by atoms with E-state index in [1.165, 1.54) is 27.1 Å². The van der Waals surface area contributed by atoms with E-state index in [1.807, 2.05) is 24.3 Å². The van der Waals surface area contributed by atoms with Crippen LogP contribution in [0.3, 0.4) is 0 Å². The topological polar surface area (TPSA) is 112 Å². The summed E-state index contributed by atoms with van der Waals surface area (Å²) in [6, 6.07) is 10.5. The van der Waals surface area contributed by atoms with Gasteiger partial charge in [-0.1, -0.05) is 29.8 Å². The van der Waals surface area contributed by atoms with Gasteiger partial charge in [0.2, 0.25) is 21.6 Å². The van der Waals surface area contributed by atoms with Crippen molar-refractivity contribution in [3.8, 4) is 17.7 Å². The minimum atomic E-state index is -3.68. The molecule has 0 radical (unpaired) electrons. The number of benzene rings is 1. The van der Waals surface area contributed by atoms with Crippen LogP contribution in [0.1, 0.15) is 17.0 Å². The molecule has 2 aromatic heterocycles. The second-order valence-corrected chi connectivity index (χ2v) is 8.60. The Morgan fingerprint density at radius 1 is 1.29 bits per heavy atom. The average molecular weight is 421 g/mol. The molecule has 0 saturated carbocycles. The molecular formula is C18H17ClN4O4S. The molecule has 146 valence electrons. The lowest BCUT2D eigenvalue weighted by Crippen LogP contribution is -2.22. The van der Waals surface area contributed by atoms with Crippen molar-refractivity contribution in [2.24, 2.45) is 0 Å². The SMILES string of the molecule is Cc1oc(-c2nc(C#N)c(NCc3ccccc3Cl)o2)cc1S(=O)(=O)N(C)C. The fraction of sp³-hybridized carbons (Fsp3) is 0.222. The van der Waals surface area contributed by atoms with Crippen LogP contribution in [0.15, 0.2) is 44.1 Å². The normalized spacial score (nSPS) is 11.6. The van der Waals surface area contributed by atoms with E-state index in [0.717, 1.165) is 9.87 Å². The Labute approximate surface area is 167 Å². The molecule has 0 aliphatic rings. The Hall–Kier alpha value is -2.80. The number of hydrogen-bond acceptors (Lipinski definition) is 7. The summed E-state index contributed by atoms with van der Waals surface area (Å²) in [6.07, 6.45) is 0. The maximum absolute atomic E-state index is 12.4. The number of sulfonamides is 1. The van der Waals surface area contributed by atoms with Crippen LogP contribution in [0.25, 0.3) is 11.7 Å². The van der Waals surface area contributed by atoms with Gasteiger partial charge in [0.25, 0.3) is 5.89 Å². The van der Waals surface area contributed by atoms with Crippen LogP contribution in [0.2, 0.25) is 5.02 Å². The number of nitrogens with zero attached hydrogens (tertiary/aromatic N) is 3. The van der Waals surface area contributed by atoms with E-state index in [9.17, 15) is 13.7 Å². The Kier molecular flexibility index (Phi) is 5.47. The number of oxazole rings is 1. The van der Waals surface area contributed by atoms with Gasteiger partial charge < -0.3 is 14.2 Å². The number of anilines is 1. The van der Waals surface area contributed by atoms with Crippen LogP contribution in [-0.2, 0) is 16.6 Å². The second-order valence-electron chi connectivity index (χ2n) is 6.07. The third kappa shape index (κ3) is 3.75.